The van der Waals surface area contributed by atoms with E-state index in [0.29, 0.717) is 5.92 Å². The van der Waals surface area contributed by atoms with E-state index >= 15 is 0 Å². The van der Waals surface area contributed by atoms with Crippen LogP contribution in [0.15, 0.2) is 23.1 Å². The van der Waals surface area contributed by atoms with Gasteiger partial charge in [-0.2, -0.15) is 0 Å². The van der Waals surface area contributed by atoms with Crippen LogP contribution in [0.4, 0.5) is 0 Å². The van der Waals surface area contributed by atoms with Crippen LogP contribution in [-0.2, 0) is 0 Å². The Bertz CT molecular complexity index is 399. The fourth-order valence-electron chi connectivity index (χ4n) is 1.43. The molecule has 1 rings (SSSR count). The molecule has 1 aromatic rings. The first-order valence-corrected chi connectivity index (χ1v) is 7.25. The summed E-state index contributed by atoms with van der Waals surface area (Å²) < 4.78 is 0. The molecule has 0 aromatic heterocycles. The normalized spacial score (nSPS) is 12.8. The molecule has 0 saturated heterocycles. The molecule has 17 heavy (non-hydrogen) atoms. The quantitative estimate of drug-likeness (QED) is 0.443. The van der Waals surface area contributed by atoms with E-state index in [0.717, 1.165) is 21.8 Å². The maximum Gasteiger partial charge on any atom is 0.181 e. The lowest BCUT2D eigenvalue weighted by Crippen LogP contribution is -2.12. The Kier molecular flexibility index (Phi) is 5.54. The van der Waals surface area contributed by atoms with Crippen molar-refractivity contribution in [2.24, 2.45) is 5.92 Å². The summed E-state index contributed by atoms with van der Waals surface area (Å²) in [6.45, 7) is 8.06. The molecule has 0 bridgehead atoms. The van der Waals surface area contributed by atoms with E-state index in [1.807, 2.05) is 25.1 Å². The zero-order valence-electron chi connectivity index (χ0n) is 10.8. The minimum absolute atomic E-state index is 0.0154. The summed E-state index contributed by atoms with van der Waals surface area (Å²) in [5.74, 6) is 1.64. The average molecular weight is 271 g/mol. The van der Waals surface area contributed by atoms with Gasteiger partial charge in [-0.05, 0) is 31.9 Å². The third kappa shape index (κ3) is 4.36. The van der Waals surface area contributed by atoms with Gasteiger partial charge in [-0.15, -0.1) is 23.4 Å². The van der Waals surface area contributed by atoms with E-state index in [2.05, 4.69) is 13.8 Å². The fraction of sp³-hybridized carbons (Fsp3) is 0.500. The molecule has 0 radical (unpaired) electrons. The molecule has 0 aliphatic rings. The summed E-state index contributed by atoms with van der Waals surface area (Å²) in [7, 11) is 0. The number of rotatable bonds is 5. The van der Waals surface area contributed by atoms with E-state index in [4.69, 9.17) is 11.6 Å². The smallest absolute Gasteiger partial charge is 0.181 e. The van der Waals surface area contributed by atoms with Crippen molar-refractivity contribution in [3.05, 3.63) is 29.3 Å². The number of ketones is 1. The molecule has 0 aliphatic heterocycles. The summed E-state index contributed by atoms with van der Waals surface area (Å²) in [6.07, 6.45) is 0. The number of hydrogen-bond donors (Lipinski definition) is 0. The van der Waals surface area contributed by atoms with Crippen LogP contribution in [0, 0.1) is 12.8 Å². The number of benzene rings is 1. The lowest BCUT2D eigenvalue weighted by atomic mass is 10.1. The Morgan fingerprint density at radius 1 is 1.35 bits per heavy atom. The minimum Gasteiger partial charge on any atom is -0.292 e. The van der Waals surface area contributed by atoms with Crippen molar-refractivity contribution >= 4 is 29.1 Å². The Labute approximate surface area is 113 Å². The van der Waals surface area contributed by atoms with E-state index in [1.54, 1.807) is 18.7 Å². The van der Waals surface area contributed by atoms with Crippen molar-refractivity contribution in [2.75, 3.05) is 5.75 Å². The van der Waals surface area contributed by atoms with E-state index in [1.165, 1.54) is 0 Å². The molecular formula is C14H19ClOS. The summed E-state index contributed by atoms with van der Waals surface area (Å²) in [5.41, 5.74) is 1.86. The number of carbonyl (C=O) groups is 1. The van der Waals surface area contributed by atoms with Crippen LogP contribution in [0.1, 0.15) is 36.7 Å². The van der Waals surface area contributed by atoms with Gasteiger partial charge in [0, 0.05) is 16.2 Å². The Hall–Kier alpha value is -0.470. The Morgan fingerprint density at radius 3 is 2.53 bits per heavy atom. The number of aryl methyl sites for hydroxylation is 1. The van der Waals surface area contributed by atoms with Crippen LogP contribution in [-0.4, -0.2) is 16.9 Å². The van der Waals surface area contributed by atoms with Crippen LogP contribution in [0.25, 0.3) is 0 Å². The summed E-state index contributed by atoms with van der Waals surface area (Å²) in [5, 5.41) is -0.463. The molecule has 1 unspecified atom stereocenters. The molecule has 0 spiro atoms. The highest BCUT2D eigenvalue weighted by molar-refractivity contribution is 7.99. The first-order valence-electron chi connectivity index (χ1n) is 5.83. The van der Waals surface area contributed by atoms with Gasteiger partial charge < -0.3 is 0 Å². The molecule has 3 heteroatoms. The topological polar surface area (TPSA) is 17.1 Å². The molecule has 0 fully saturated rings. The van der Waals surface area contributed by atoms with Crippen molar-refractivity contribution in [3.8, 4) is 0 Å². The first kappa shape index (κ1) is 14.6. The number of halogens is 1. The molecule has 1 aromatic carbocycles. The summed E-state index contributed by atoms with van der Waals surface area (Å²) >= 11 is 7.62. The van der Waals surface area contributed by atoms with Crippen molar-refractivity contribution in [1.29, 1.82) is 0 Å². The number of Topliss-reactive ketones (excluding diaryl/α,β-unsaturated/α-hetero) is 1. The Morgan fingerprint density at radius 2 is 2.00 bits per heavy atom. The van der Waals surface area contributed by atoms with Crippen molar-refractivity contribution in [1.82, 2.24) is 0 Å². The van der Waals surface area contributed by atoms with E-state index in [9.17, 15) is 4.79 Å². The van der Waals surface area contributed by atoms with Crippen LogP contribution in [0.5, 0.6) is 0 Å². The first-order chi connectivity index (χ1) is 7.91. The van der Waals surface area contributed by atoms with Crippen molar-refractivity contribution < 1.29 is 4.79 Å². The molecule has 94 valence electrons. The second-order valence-electron chi connectivity index (χ2n) is 4.68. The van der Waals surface area contributed by atoms with Gasteiger partial charge in [0.25, 0.3) is 0 Å². The van der Waals surface area contributed by atoms with Gasteiger partial charge in [0.05, 0.1) is 5.38 Å². The second-order valence-corrected chi connectivity index (χ2v) is 6.40. The van der Waals surface area contributed by atoms with Gasteiger partial charge in [-0.25, -0.2) is 0 Å². The zero-order chi connectivity index (χ0) is 13.0. The van der Waals surface area contributed by atoms with Gasteiger partial charge in [0.1, 0.15) is 0 Å². The molecule has 1 atom stereocenters. The molecular weight excluding hydrogens is 252 g/mol. The van der Waals surface area contributed by atoms with Crippen LogP contribution < -0.4 is 0 Å². The number of thioether (sulfide) groups is 1. The number of hydrogen-bond acceptors (Lipinski definition) is 2. The molecule has 1 nitrogen and oxygen atoms in total. The standard InChI is InChI=1S/C14H19ClOS/c1-9(2)8-17-13-6-5-10(3)7-12(13)14(16)11(4)15/h5-7,9,11H,8H2,1-4H3. The van der Waals surface area contributed by atoms with Gasteiger partial charge in [0.15, 0.2) is 5.78 Å². The van der Waals surface area contributed by atoms with E-state index in [-0.39, 0.29) is 5.78 Å². The SMILES string of the molecule is Cc1ccc(SCC(C)C)c(C(=O)C(C)Cl)c1. The maximum atomic E-state index is 12.0. The Balaban J connectivity index is 2.99. The third-order valence-corrected chi connectivity index (χ3v) is 4.03. The van der Waals surface area contributed by atoms with Crippen LogP contribution in [0.2, 0.25) is 0 Å². The largest absolute Gasteiger partial charge is 0.292 e. The zero-order valence-corrected chi connectivity index (χ0v) is 12.4. The number of carbonyl (C=O) groups excluding carboxylic acids is 1. The van der Waals surface area contributed by atoms with Gasteiger partial charge >= 0.3 is 0 Å². The lowest BCUT2D eigenvalue weighted by molar-refractivity contribution is 0.0989. The summed E-state index contributed by atoms with van der Waals surface area (Å²) in [6, 6.07) is 6.00. The number of alkyl halides is 1. The predicted molar refractivity (Wildman–Crippen MR) is 76.4 cm³/mol. The van der Waals surface area contributed by atoms with E-state index < -0.39 is 5.38 Å². The highest BCUT2D eigenvalue weighted by Gasteiger charge is 2.17. The monoisotopic (exact) mass is 270 g/mol. The molecule has 0 heterocycles. The second kappa shape index (κ2) is 6.46. The highest BCUT2D eigenvalue weighted by atomic mass is 35.5. The van der Waals surface area contributed by atoms with Crippen LogP contribution >= 0.6 is 23.4 Å². The summed E-state index contributed by atoms with van der Waals surface area (Å²) in [4.78, 5) is 13.1. The van der Waals surface area contributed by atoms with Crippen molar-refractivity contribution in [3.63, 3.8) is 0 Å². The lowest BCUT2D eigenvalue weighted by Gasteiger charge is -2.11. The van der Waals surface area contributed by atoms with Crippen molar-refractivity contribution in [2.45, 2.75) is 38.0 Å². The highest BCUT2D eigenvalue weighted by Crippen LogP contribution is 2.27. The predicted octanol–water partition coefficient (Wildman–Crippen LogP) is 4.55. The molecule has 0 aliphatic carbocycles. The van der Waals surface area contributed by atoms with Gasteiger partial charge in [-0.1, -0.05) is 25.5 Å². The molecule has 0 amide bonds. The van der Waals surface area contributed by atoms with Gasteiger partial charge in [0.2, 0.25) is 0 Å². The third-order valence-electron chi connectivity index (χ3n) is 2.33. The molecule has 0 N–H and O–H groups in total. The van der Waals surface area contributed by atoms with Crippen LogP contribution in [0.3, 0.4) is 0 Å². The average Bonchev–Trinajstić information content (AvgIpc) is 2.26. The van der Waals surface area contributed by atoms with Gasteiger partial charge in [-0.3, -0.25) is 4.79 Å². The molecule has 0 saturated carbocycles. The minimum atomic E-state index is -0.463. The fourth-order valence-corrected chi connectivity index (χ4v) is 2.54. The maximum absolute atomic E-state index is 12.0.